The summed E-state index contributed by atoms with van der Waals surface area (Å²) in [6, 6.07) is 8.74. The molecule has 7 heterocycles. The fourth-order valence-corrected chi connectivity index (χ4v) is 9.27. The average Bonchev–Trinajstić information content (AvgIpc) is 3.92. The van der Waals surface area contributed by atoms with Gasteiger partial charge < -0.3 is 24.6 Å². The van der Waals surface area contributed by atoms with Crippen molar-refractivity contribution in [3.63, 3.8) is 0 Å². The van der Waals surface area contributed by atoms with Gasteiger partial charge in [-0.3, -0.25) is 9.88 Å². The number of aromatic nitrogens is 3. The maximum absolute atomic E-state index is 17.0. The summed E-state index contributed by atoms with van der Waals surface area (Å²) >= 11 is 0. The quantitative estimate of drug-likeness (QED) is 0.189. The van der Waals surface area contributed by atoms with Crippen LogP contribution in [0, 0.1) is 24.0 Å². The molecule has 0 radical (unpaired) electrons. The third-order valence-corrected chi connectivity index (χ3v) is 11.8. The average molecular weight is 724 g/mol. The summed E-state index contributed by atoms with van der Waals surface area (Å²) in [6.45, 7) is 7.12. The standard InChI is InChI=1S/C40H40F3N7O3/c1-3-29-32(42)10-7-24-5-4-6-30(33(24)29)35-34(43)36-31(16-44-35)37(49-19-26-8-9-27(20-49)45-26)47-38(46-36)53-22-40-13-11-28(50(40)17-23(2)15-40)21-52-39(51)48-14-12-25(41)18-48/h1,4-7,10,16,25-28,45H,2,8-9,11-15,17-22H2/t25-,26-,27+,28+,40+/m1/s1. The van der Waals surface area contributed by atoms with E-state index in [1.807, 2.05) is 0 Å². The Hall–Kier alpha value is -4.93. The number of hydrogen-bond acceptors (Lipinski definition) is 9. The molecule has 5 saturated heterocycles. The van der Waals surface area contributed by atoms with Crippen LogP contribution in [0.3, 0.4) is 0 Å². The first-order valence-corrected chi connectivity index (χ1v) is 18.4. The van der Waals surface area contributed by atoms with Gasteiger partial charge in [0, 0.05) is 61.5 Å². The predicted octanol–water partition coefficient (Wildman–Crippen LogP) is 5.77. The van der Waals surface area contributed by atoms with Crippen LogP contribution in [0.25, 0.3) is 32.9 Å². The minimum atomic E-state index is -1.01. The predicted molar refractivity (Wildman–Crippen MR) is 194 cm³/mol. The highest BCUT2D eigenvalue weighted by atomic mass is 19.1. The largest absolute Gasteiger partial charge is 0.461 e. The third-order valence-electron chi connectivity index (χ3n) is 11.8. The molecule has 5 aliphatic heterocycles. The van der Waals surface area contributed by atoms with Gasteiger partial charge in [0.1, 0.15) is 42.2 Å². The highest BCUT2D eigenvalue weighted by Gasteiger charge is 2.51. The fraction of sp³-hybridized carbons (Fsp3) is 0.450. The van der Waals surface area contributed by atoms with Crippen molar-refractivity contribution in [3.8, 4) is 29.6 Å². The maximum atomic E-state index is 17.0. The van der Waals surface area contributed by atoms with Crippen LogP contribution in [-0.4, -0.2) is 107 Å². The minimum Gasteiger partial charge on any atom is -0.461 e. The molecular weight excluding hydrogens is 683 g/mol. The molecule has 53 heavy (non-hydrogen) atoms. The van der Waals surface area contributed by atoms with Gasteiger partial charge in [-0.2, -0.15) is 9.97 Å². The second kappa shape index (κ2) is 13.2. The lowest BCUT2D eigenvalue weighted by molar-refractivity contribution is 0.0459. The van der Waals surface area contributed by atoms with Gasteiger partial charge in [-0.25, -0.2) is 18.0 Å². The first-order chi connectivity index (χ1) is 25.7. The second-order valence-electron chi connectivity index (χ2n) is 15.2. The first kappa shape index (κ1) is 33.9. The van der Waals surface area contributed by atoms with Crippen molar-refractivity contribution in [2.45, 2.75) is 68.4 Å². The fourth-order valence-electron chi connectivity index (χ4n) is 9.27. The summed E-state index contributed by atoms with van der Waals surface area (Å²) in [5.41, 5.74) is 1.07. The molecule has 5 atom stereocenters. The Morgan fingerprint density at radius 3 is 2.70 bits per heavy atom. The van der Waals surface area contributed by atoms with Crippen molar-refractivity contribution >= 4 is 33.6 Å². The molecule has 0 saturated carbocycles. The maximum Gasteiger partial charge on any atom is 0.409 e. The van der Waals surface area contributed by atoms with E-state index in [2.05, 4.69) is 37.6 Å². The van der Waals surface area contributed by atoms with Crippen LogP contribution in [-0.2, 0) is 4.74 Å². The number of pyridine rings is 1. The lowest BCUT2D eigenvalue weighted by Crippen LogP contribution is -2.51. The van der Waals surface area contributed by atoms with Crippen molar-refractivity contribution in [2.24, 2.45) is 0 Å². The summed E-state index contributed by atoms with van der Waals surface area (Å²) in [5, 5.41) is 5.16. The molecule has 1 amide bonds. The molecule has 2 aromatic heterocycles. The third kappa shape index (κ3) is 5.92. The molecule has 274 valence electrons. The summed E-state index contributed by atoms with van der Waals surface area (Å²) < 4.78 is 57.7. The number of piperazine rings is 1. The van der Waals surface area contributed by atoms with Gasteiger partial charge in [0.2, 0.25) is 0 Å². The number of fused-ring (bicyclic) bond motifs is 5. The molecule has 2 aromatic carbocycles. The van der Waals surface area contributed by atoms with Crippen molar-refractivity contribution in [3.05, 3.63) is 65.9 Å². The number of nitrogens with one attached hydrogen (secondary N) is 1. The molecule has 10 nitrogen and oxygen atoms in total. The number of terminal acetylenes is 1. The van der Waals surface area contributed by atoms with E-state index in [1.165, 1.54) is 11.0 Å². The van der Waals surface area contributed by atoms with Gasteiger partial charge in [-0.15, -0.1) is 6.42 Å². The lowest BCUT2D eigenvalue weighted by atomic mass is 9.94. The van der Waals surface area contributed by atoms with E-state index < -0.39 is 29.4 Å². The van der Waals surface area contributed by atoms with Gasteiger partial charge in [0.25, 0.3) is 0 Å². The monoisotopic (exact) mass is 723 g/mol. The van der Waals surface area contributed by atoms with E-state index in [-0.39, 0.29) is 48.6 Å². The Labute approximate surface area is 305 Å². The Balaban J connectivity index is 1.05. The Morgan fingerprint density at radius 2 is 1.92 bits per heavy atom. The van der Waals surface area contributed by atoms with Crippen molar-refractivity contribution in [1.29, 1.82) is 0 Å². The first-order valence-electron chi connectivity index (χ1n) is 18.4. The number of rotatable bonds is 7. The highest BCUT2D eigenvalue weighted by molar-refractivity contribution is 6.02. The number of anilines is 1. The molecule has 5 aliphatic rings. The van der Waals surface area contributed by atoms with E-state index in [9.17, 15) is 13.6 Å². The zero-order chi connectivity index (χ0) is 36.4. The zero-order valence-corrected chi connectivity index (χ0v) is 29.3. The van der Waals surface area contributed by atoms with Crippen molar-refractivity contribution < 1.29 is 27.4 Å². The summed E-state index contributed by atoms with van der Waals surface area (Å²) in [4.78, 5) is 32.7. The topological polar surface area (TPSA) is 96.0 Å². The molecule has 9 rings (SSSR count). The molecule has 13 heteroatoms. The zero-order valence-electron chi connectivity index (χ0n) is 29.3. The summed E-state index contributed by atoms with van der Waals surface area (Å²) in [5.74, 6) is 1.74. The number of amides is 1. The molecule has 4 aromatic rings. The van der Waals surface area contributed by atoms with Gasteiger partial charge in [-0.1, -0.05) is 42.3 Å². The number of carbonyl (C=O) groups is 1. The van der Waals surface area contributed by atoms with Crippen LogP contribution < -0.4 is 15.0 Å². The Kier molecular flexibility index (Phi) is 8.42. The van der Waals surface area contributed by atoms with Crippen molar-refractivity contribution in [1.82, 2.24) is 30.1 Å². The van der Waals surface area contributed by atoms with Crippen LogP contribution in [0.4, 0.5) is 23.8 Å². The number of alkyl halides is 1. The molecule has 0 unspecified atom stereocenters. The summed E-state index contributed by atoms with van der Waals surface area (Å²) in [6.07, 6.45) is 10.5. The number of benzene rings is 2. The van der Waals surface area contributed by atoms with Crippen LogP contribution >= 0.6 is 0 Å². The smallest absolute Gasteiger partial charge is 0.409 e. The van der Waals surface area contributed by atoms with E-state index >= 15 is 4.39 Å². The van der Waals surface area contributed by atoms with Gasteiger partial charge >= 0.3 is 12.1 Å². The van der Waals surface area contributed by atoms with Crippen molar-refractivity contribution in [2.75, 3.05) is 50.8 Å². The molecule has 2 bridgehead atoms. The number of carbonyl (C=O) groups excluding carboxylic acids is 1. The number of halogens is 3. The van der Waals surface area contributed by atoms with Gasteiger partial charge in [0.15, 0.2) is 5.82 Å². The van der Waals surface area contributed by atoms with Crippen LogP contribution in [0.5, 0.6) is 6.01 Å². The number of nitrogens with zero attached hydrogens (tertiary/aromatic N) is 6. The second-order valence-corrected chi connectivity index (χ2v) is 15.2. The minimum absolute atomic E-state index is 0.00203. The van der Waals surface area contributed by atoms with Crippen LogP contribution in [0.2, 0.25) is 0 Å². The molecule has 0 spiro atoms. The number of hydrogen-bond donors (Lipinski definition) is 1. The lowest BCUT2D eigenvalue weighted by Gasteiger charge is -2.35. The molecule has 0 aliphatic carbocycles. The Bertz CT molecular complexity index is 2180. The van der Waals surface area contributed by atoms with E-state index in [0.29, 0.717) is 78.6 Å². The van der Waals surface area contributed by atoms with Gasteiger partial charge in [0.05, 0.1) is 23.0 Å². The molecule has 5 fully saturated rings. The Morgan fingerprint density at radius 1 is 1.09 bits per heavy atom. The summed E-state index contributed by atoms with van der Waals surface area (Å²) in [7, 11) is 0. The SMILES string of the molecule is C#Cc1c(F)ccc2cccc(-c3ncc4c(N5C[C@H]6CC[C@@H](C5)N6)nc(OC[C@@]56CC[C@@H](COC(=O)N7CC[C@@H](F)C7)N5CC(=C)C6)nc4c3F)c12. The number of ether oxygens (including phenoxy) is 2. The highest BCUT2D eigenvalue weighted by Crippen LogP contribution is 2.45. The molecular formula is C40H40F3N7O3. The van der Waals surface area contributed by atoms with Crippen LogP contribution in [0.15, 0.2) is 48.7 Å². The van der Waals surface area contributed by atoms with E-state index in [4.69, 9.17) is 20.9 Å². The number of likely N-dealkylation sites (tertiary alicyclic amines) is 1. The normalized spacial score (nSPS) is 26.8. The van der Waals surface area contributed by atoms with Gasteiger partial charge in [-0.05, 0) is 50.0 Å². The van der Waals surface area contributed by atoms with E-state index in [0.717, 1.165) is 31.3 Å². The van der Waals surface area contributed by atoms with Crippen LogP contribution in [0.1, 0.15) is 44.1 Å². The molecule has 1 N–H and O–H groups in total. The van der Waals surface area contributed by atoms with E-state index in [1.54, 1.807) is 30.5 Å².